The number of carbonyl (C=O) groups excluding carboxylic acids is 1. The van der Waals surface area contributed by atoms with E-state index >= 15 is 0 Å². The van der Waals surface area contributed by atoms with Gasteiger partial charge in [-0.15, -0.1) is 0 Å². The van der Waals surface area contributed by atoms with Crippen LogP contribution in [0.1, 0.15) is 31.2 Å². The van der Waals surface area contributed by atoms with E-state index in [2.05, 4.69) is 0 Å². The van der Waals surface area contributed by atoms with Crippen LogP contribution in [0.25, 0.3) is 0 Å². The van der Waals surface area contributed by atoms with Crippen LogP contribution >= 0.6 is 11.6 Å². The van der Waals surface area contributed by atoms with E-state index < -0.39 is 0 Å². The van der Waals surface area contributed by atoms with Crippen molar-refractivity contribution in [2.45, 2.75) is 43.2 Å². The largest absolute Gasteiger partial charge is 0.378 e. The Morgan fingerprint density at radius 3 is 2.59 bits per heavy atom. The van der Waals surface area contributed by atoms with Gasteiger partial charge in [-0.1, -0.05) is 30.2 Å². The maximum absolute atomic E-state index is 13.2. The fourth-order valence-electron chi connectivity index (χ4n) is 3.60. The Morgan fingerprint density at radius 2 is 2.05 bits per heavy atom. The summed E-state index contributed by atoms with van der Waals surface area (Å²) in [5, 5.41) is 0.703. The van der Waals surface area contributed by atoms with Crippen LogP contribution in [-0.4, -0.2) is 43.2 Å². The van der Waals surface area contributed by atoms with Crippen molar-refractivity contribution in [3.05, 3.63) is 34.9 Å². The number of rotatable bonds is 3. The molecule has 1 amide bonds. The Balaban J connectivity index is 1.81. The van der Waals surface area contributed by atoms with Crippen molar-refractivity contribution in [2.75, 3.05) is 20.2 Å². The topological polar surface area (TPSA) is 55.6 Å². The predicted octanol–water partition coefficient (Wildman–Crippen LogP) is 2.34. The van der Waals surface area contributed by atoms with Gasteiger partial charge in [-0.2, -0.15) is 0 Å². The summed E-state index contributed by atoms with van der Waals surface area (Å²) in [7, 11) is 1.66. The van der Waals surface area contributed by atoms with Crippen LogP contribution < -0.4 is 5.73 Å². The number of hydrogen-bond acceptors (Lipinski definition) is 3. The molecule has 1 aliphatic carbocycles. The summed E-state index contributed by atoms with van der Waals surface area (Å²) in [4.78, 5) is 15.1. The van der Waals surface area contributed by atoms with E-state index in [1.807, 2.05) is 29.2 Å². The van der Waals surface area contributed by atoms with Crippen LogP contribution in [0, 0.1) is 0 Å². The number of halogens is 1. The zero-order valence-electron chi connectivity index (χ0n) is 12.9. The molecule has 0 unspecified atom stereocenters. The Morgan fingerprint density at radius 1 is 1.36 bits per heavy atom. The first kappa shape index (κ1) is 15.8. The highest BCUT2D eigenvalue weighted by molar-refractivity contribution is 6.30. The average molecular weight is 323 g/mol. The Bertz CT molecular complexity index is 542. The molecule has 5 heteroatoms. The quantitative estimate of drug-likeness (QED) is 0.929. The second-order valence-corrected chi connectivity index (χ2v) is 6.86. The third-order valence-corrected chi connectivity index (χ3v) is 5.47. The molecule has 1 aromatic carbocycles. The Kier molecular flexibility index (Phi) is 4.44. The minimum atomic E-state index is -0.371. The predicted molar refractivity (Wildman–Crippen MR) is 87.0 cm³/mol. The molecular formula is C17H23ClN2O2. The normalized spacial score (nSPS) is 27.3. The van der Waals surface area contributed by atoms with E-state index in [4.69, 9.17) is 22.1 Å². The Labute approximate surface area is 136 Å². The van der Waals surface area contributed by atoms with Crippen molar-refractivity contribution in [2.24, 2.45) is 5.73 Å². The maximum atomic E-state index is 13.2. The summed E-state index contributed by atoms with van der Waals surface area (Å²) < 4.78 is 5.43. The molecule has 120 valence electrons. The summed E-state index contributed by atoms with van der Waals surface area (Å²) in [6, 6.07) is 7.73. The number of piperidine rings is 1. The number of nitrogens with two attached hydrogens (primary N) is 1. The second kappa shape index (κ2) is 6.19. The molecule has 2 atom stereocenters. The van der Waals surface area contributed by atoms with Gasteiger partial charge in [0.2, 0.25) is 5.91 Å². The van der Waals surface area contributed by atoms with Crippen LogP contribution in [0.15, 0.2) is 24.3 Å². The van der Waals surface area contributed by atoms with E-state index in [1.54, 1.807) is 7.11 Å². The van der Waals surface area contributed by atoms with Gasteiger partial charge in [-0.25, -0.2) is 0 Å². The minimum absolute atomic E-state index is 0.0157. The van der Waals surface area contributed by atoms with E-state index in [1.165, 1.54) is 0 Å². The first-order valence-corrected chi connectivity index (χ1v) is 8.28. The number of likely N-dealkylation sites (tertiary alicyclic amines) is 1. The van der Waals surface area contributed by atoms with Gasteiger partial charge in [-0.3, -0.25) is 4.79 Å². The molecule has 2 fully saturated rings. The maximum Gasteiger partial charge on any atom is 0.233 e. The van der Waals surface area contributed by atoms with Crippen molar-refractivity contribution in [1.82, 2.24) is 4.90 Å². The van der Waals surface area contributed by atoms with Crippen molar-refractivity contribution in [3.63, 3.8) is 0 Å². The number of benzene rings is 1. The number of nitrogens with zero attached hydrogens (tertiary/aromatic N) is 1. The number of ether oxygens (including phenoxy) is 1. The summed E-state index contributed by atoms with van der Waals surface area (Å²) in [5.41, 5.74) is 6.77. The number of hydrogen-bond donors (Lipinski definition) is 1. The van der Waals surface area contributed by atoms with Crippen molar-refractivity contribution in [3.8, 4) is 0 Å². The number of amides is 1. The van der Waals surface area contributed by atoms with Gasteiger partial charge in [0.15, 0.2) is 0 Å². The minimum Gasteiger partial charge on any atom is -0.378 e. The monoisotopic (exact) mass is 322 g/mol. The highest BCUT2D eigenvalue weighted by Gasteiger charge is 2.48. The summed E-state index contributed by atoms with van der Waals surface area (Å²) in [6.45, 7) is 1.31. The molecule has 1 saturated carbocycles. The van der Waals surface area contributed by atoms with Gasteiger partial charge >= 0.3 is 0 Å². The van der Waals surface area contributed by atoms with Gasteiger partial charge in [0.25, 0.3) is 0 Å². The SMILES string of the molecule is CO[C@@H]1CN(C(=O)C2(c3ccc(Cl)cc3)CCC2)CC[C@@H]1N. The van der Waals surface area contributed by atoms with Gasteiger partial charge in [-0.05, 0) is 37.0 Å². The molecule has 0 aromatic heterocycles. The number of carbonyl (C=O) groups is 1. The molecule has 4 nitrogen and oxygen atoms in total. The molecule has 0 radical (unpaired) electrons. The molecule has 0 bridgehead atoms. The van der Waals surface area contributed by atoms with Crippen LogP contribution in [-0.2, 0) is 14.9 Å². The van der Waals surface area contributed by atoms with Crippen molar-refractivity contribution >= 4 is 17.5 Å². The molecule has 2 aliphatic rings. The van der Waals surface area contributed by atoms with Gasteiger partial charge in [0, 0.05) is 31.3 Å². The highest BCUT2D eigenvalue weighted by Crippen LogP contribution is 2.45. The standard InChI is InChI=1S/C17H23ClN2O2/c1-22-15-11-20(10-7-14(15)19)16(21)17(8-2-9-17)12-3-5-13(18)6-4-12/h3-6,14-15H,2,7-11,19H2,1H3/t14-,15+/m0/s1. The van der Waals surface area contributed by atoms with Crippen molar-refractivity contribution < 1.29 is 9.53 Å². The molecule has 1 aliphatic heterocycles. The van der Waals surface area contributed by atoms with Crippen LogP contribution in [0.4, 0.5) is 0 Å². The molecule has 3 rings (SSSR count). The molecule has 1 saturated heterocycles. The third-order valence-electron chi connectivity index (χ3n) is 5.21. The summed E-state index contributed by atoms with van der Waals surface area (Å²) in [5.74, 6) is 0.218. The van der Waals surface area contributed by atoms with Crippen LogP contribution in [0.2, 0.25) is 5.02 Å². The fourth-order valence-corrected chi connectivity index (χ4v) is 3.72. The lowest BCUT2D eigenvalue weighted by Crippen LogP contribution is -2.58. The lowest BCUT2D eigenvalue weighted by Gasteiger charge is -2.46. The van der Waals surface area contributed by atoms with E-state index in [0.29, 0.717) is 11.6 Å². The Hall–Kier alpha value is -1.10. The van der Waals surface area contributed by atoms with E-state index in [-0.39, 0.29) is 23.5 Å². The highest BCUT2D eigenvalue weighted by atomic mass is 35.5. The van der Waals surface area contributed by atoms with Crippen LogP contribution in [0.3, 0.4) is 0 Å². The average Bonchev–Trinajstić information content (AvgIpc) is 2.48. The summed E-state index contributed by atoms with van der Waals surface area (Å²) in [6.07, 6.45) is 3.64. The van der Waals surface area contributed by atoms with E-state index in [9.17, 15) is 4.79 Å². The zero-order valence-corrected chi connectivity index (χ0v) is 13.7. The van der Waals surface area contributed by atoms with Gasteiger partial charge in [0.1, 0.15) is 0 Å². The zero-order chi connectivity index (χ0) is 15.7. The first-order chi connectivity index (χ1) is 10.6. The molecular weight excluding hydrogens is 300 g/mol. The molecule has 1 heterocycles. The lowest BCUT2D eigenvalue weighted by molar-refractivity contribution is -0.145. The van der Waals surface area contributed by atoms with Gasteiger partial charge in [0.05, 0.1) is 11.5 Å². The van der Waals surface area contributed by atoms with Gasteiger partial charge < -0.3 is 15.4 Å². The van der Waals surface area contributed by atoms with Crippen molar-refractivity contribution in [1.29, 1.82) is 0 Å². The molecule has 1 aromatic rings. The molecule has 22 heavy (non-hydrogen) atoms. The molecule has 0 spiro atoms. The first-order valence-electron chi connectivity index (χ1n) is 7.90. The summed E-state index contributed by atoms with van der Waals surface area (Å²) >= 11 is 5.98. The lowest BCUT2D eigenvalue weighted by atomic mass is 9.63. The smallest absolute Gasteiger partial charge is 0.233 e. The number of methoxy groups -OCH3 is 1. The third kappa shape index (κ3) is 2.64. The second-order valence-electron chi connectivity index (χ2n) is 6.42. The fraction of sp³-hybridized carbons (Fsp3) is 0.588. The van der Waals surface area contributed by atoms with E-state index in [0.717, 1.165) is 37.8 Å². The van der Waals surface area contributed by atoms with Crippen LogP contribution in [0.5, 0.6) is 0 Å². The molecule has 2 N–H and O–H groups in total.